The maximum atomic E-state index is 13.2. The average molecular weight is 447 g/mol. The molecule has 4 rings (SSSR count). The van der Waals surface area contributed by atoms with Gasteiger partial charge in [-0.3, -0.25) is 4.79 Å². The lowest BCUT2D eigenvalue weighted by Crippen LogP contribution is -2.22. The van der Waals surface area contributed by atoms with E-state index in [2.05, 4.69) is 10.4 Å². The molecule has 0 aliphatic rings. The highest BCUT2D eigenvalue weighted by Gasteiger charge is 2.21. The third-order valence-electron chi connectivity index (χ3n) is 4.90. The Labute approximate surface area is 187 Å². The highest BCUT2D eigenvalue weighted by molar-refractivity contribution is 7.89. The van der Waals surface area contributed by atoms with Gasteiger partial charge in [-0.05, 0) is 30.3 Å². The van der Waals surface area contributed by atoms with Gasteiger partial charge in [0.15, 0.2) is 0 Å². The van der Waals surface area contributed by atoms with Crippen molar-refractivity contribution in [1.29, 1.82) is 0 Å². The summed E-state index contributed by atoms with van der Waals surface area (Å²) in [6.45, 7) is 0. The van der Waals surface area contributed by atoms with Crippen LogP contribution in [-0.4, -0.2) is 42.5 Å². The van der Waals surface area contributed by atoms with Gasteiger partial charge in [-0.1, -0.05) is 54.6 Å². The Hall–Kier alpha value is -3.75. The first-order chi connectivity index (χ1) is 15.4. The number of carbonyl (C=O) groups is 1. The Kier molecular flexibility index (Phi) is 5.89. The monoisotopic (exact) mass is 446 g/mol. The molecule has 1 heterocycles. The van der Waals surface area contributed by atoms with Gasteiger partial charge in [0.2, 0.25) is 10.0 Å². The number of carbonyl (C=O) groups excluding carboxylic acids is 1. The van der Waals surface area contributed by atoms with E-state index >= 15 is 0 Å². The molecule has 4 aromatic rings. The molecule has 0 unspecified atom stereocenters. The third-order valence-corrected chi connectivity index (χ3v) is 6.71. The van der Waals surface area contributed by atoms with E-state index < -0.39 is 10.0 Å². The second kappa shape index (κ2) is 8.78. The van der Waals surface area contributed by atoms with Gasteiger partial charge in [0.05, 0.1) is 16.1 Å². The normalized spacial score (nSPS) is 11.5. The third kappa shape index (κ3) is 4.32. The molecule has 0 atom stereocenters. The molecule has 3 aromatic carbocycles. The topological polar surface area (TPSA) is 84.3 Å². The van der Waals surface area contributed by atoms with Crippen molar-refractivity contribution in [2.24, 2.45) is 0 Å². The Morgan fingerprint density at radius 1 is 0.906 bits per heavy atom. The van der Waals surface area contributed by atoms with Gasteiger partial charge < -0.3 is 5.32 Å². The molecule has 1 N–H and O–H groups in total. The SMILES string of the molecule is CN(C)S(=O)(=O)c1cccc(NC(=O)c2cn(-c3ccccc3)nc2-c2ccccc2)c1. The van der Waals surface area contributed by atoms with Gasteiger partial charge in [0.1, 0.15) is 5.69 Å². The fourth-order valence-corrected chi connectivity index (χ4v) is 4.15. The van der Waals surface area contributed by atoms with Crippen LogP contribution in [0.5, 0.6) is 0 Å². The number of hydrogen-bond acceptors (Lipinski definition) is 4. The predicted octanol–water partition coefficient (Wildman–Crippen LogP) is 4.04. The first kappa shape index (κ1) is 21.5. The largest absolute Gasteiger partial charge is 0.322 e. The second-order valence-corrected chi connectivity index (χ2v) is 9.46. The van der Waals surface area contributed by atoms with Crippen LogP contribution in [0, 0.1) is 0 Å². The summed E-state index contributed by atoms with van der Waals surface area (Å²) in [7, 11) is -0.691. The highest BCUT2D eigenvalue weighted by Crippen LogP contribution is 2.25. The molecular weight excluding hydrogens is 424 g/mol. The molecule has 1 amide bonds. The van der Waals surface area contributed by atoms with E-state index in [0.29, 0.717) is 16.9 Å². The van der Waals surface area contributed by atoms with Crippen molar-refractivity contribution in [1.82, 2.24) is 14.1 Å². The van der Waals surface area contributed by atoms with Crippen molar-refractivity contribution in [3.05, 3.63) is 96.7 Å². The number of rotatable bonds is 6. The minimum Gasteiger partial charge on any atom is -0.322 e. The highest BCUT2D eigenvalue weighted by atomic mass is 32.2. The van der Waals surface area contributed by atoms with Crippen LogP contribution in [0.1, 0.15) is 10.4 Å². The number of hydrogen-bond donors (Lipinski definition) is 1. The molecule has 32 heavy (non-hydrogen) atoms. The Balaban J connectivity index is 1.72. The zero-order valence-corrected chi connectivity index (χ0v) is 18.5. The maximum Gasteiger partial charge on any atom is 0.259 e. The maximum absolute atomic E-state index is 13.2. The lowest BCUT2D eigenvalue weighted by molar-refractivity contribution is 0.102. The first-order valence-electron chi connectivity index (χ1n) is 9.91. The summed E-state index contributed by atoms with van der Waals surface area (Å²) in [4.78, 5) is 13.3. The van der Waals surface area contributed by atoms with Crippen molar-refractivity contribution >= 4 is 21.6 Å². The van der Waals surface area contributed by atoms with Crippen LogP contribution in [-0.2, 0) is 10.0 Å². The number of sulfonamides is 1. The summed E-state index contributed by atoms with van der Waals surface area (Å²) >= 11 is 0. The van der Waals surface area contributed by atoms with Crippen LogP contribution in [0.3, 0.4) is 0 Å². The van der Waals surface area contributed by atoms with Crippen LogP contribution >= 0.6 is 0 Å². The molecule has 7 nitrogen and oxygen atoms in total. The Morgan fingerprint density at radius 2 is 1.56 bits per heavy atom. The molecule has 0 bridgehead atoms. The fourth-order valence-electron chi connectivity index (χ4n) is 3.21. The molecule has 0 fully saturated rings. The van der Waals surface area contributed by atoms with Crippen LogP contribution in [0.25, 0.3) is 16.9 Å². The van der Waals surface area contributed by atoms with E-state index in [4.69, 9.17) is 0 Å². The minimum absolute atomic E-state index is 0.101. The summed E-state index contributed by atoms with van der Waals surface area (Å²) in [5, 5.41) is 7.46. The van der Waals surface area contributed by atoms with Crippen LogP contribution in [0.2, 0.25) is 0 Å². The number of nitrogens with zero attached hydrogens (tertiary/aromatic N) is 3. The van der Waals surface area contributed by atoms with Gasteiger partial charge >= 0.3 is 0 Å². The minimum atomic E-state index is -3.62. The smallest absolute Gasteiger partial charge is 0.259 e. The second-order valence-electron chi connectivity index (χ2n) is 7.31. The van der Waals surface area contributed by atoms with E-state index in [1.165, 1.54) is 26.2 Å². The van der Waals surface area contributed by atoms with E-state index in [1.54, 1.807) is 23.0 Å². The first-order valence-corrected chi connectivity index (χ1v) is 11.3. The summed E-state index contributed by atoms with van der Waals surface area (Å²) in [5.41, 5.74) is 2.91. The van der Waals surface area contributed by atoms with Crippen molar-refractivity contribution in [2.45, 2.75) is 4.90 Å². The molecule has 0 spiro atoms. The van der Waals surface area contributed by atoms with Gasteiger partial charge in [0, 0.05) is 31.5 Å². The number of aromatic nitrogens is 2. The molecule has 0 saturated heterocycles. The molecule has 0 aliphatic heterocycles. The summed E-state index contributed by atoms with van der Waals surface area (Å²) < 4.78 is 27.7. The Morgan fingerprint density at radius 3 is 2.22 bits per heavy atom. The summed E-state index contributed by atoms with van der Waals surface area (Å²) in [5.74, 6) is -0.384. The molecular formula is C24H22N4O3S. The van der Waals surface area contributed by atoms with Crippen molar-refractivity contribution < 1.29 is 13.2 Å². The molecule has 0 aliphatic carbocycles. The molecule has 8 heteroatoms. The quantitative estimate of drug-likeness (QED) is 0.484. The number of para-hydroxylation sites is 1. The fraction of sp³-hybridized carbons (Fsp3) is 0.0833. The lowest BCUT2D eigenvalue weighted by atomic mass is 10.1. The molecule has 1 aromatic heterocycles. The zero-order valence-electron chi connectivity index (χ0n) is 17.6. The van der Waals surface area contributed by atoms with E-state index in [-0.39, 0.29) is 10.8 Å². The van der Waals surface area contributed by atoms with E-state index in [9.17, 15) is 13.2 Å². The average Bonchev–Trinajstić information content (AvgIpc) is 3.26. The van der Waals surface area contributed by atoms with Crippen molar-refractivity contribution in [3.63, 3.8) is 0 Å². The van der Waals surface area contributed by atoms with Gasteiger partial charge in [-0.25, -0.2) is 17.4 Å². The Bertz CT molecular complexity index is 1350. The van der Waals surface area contributed by atoms with Crippen LogP contribution in [0.15, 0.2) is 96.0 Å². The lowest BCUT2D eigenvalue weighted by Gasteiger charge is -2.12. The van der Waals surface area contributed by atoms with E-state index in [1.807, 2.05) is 60.7 Å². The number of amides is 1. The molecule has 0 radical (unpaired) electrons. The zero-order chi connectivity index (χ0) is 22.7. The predicted molar refractivity (Wildman–Crippen MR) is 124 cm³/mol. The summed E-state index contributed by atoms with van der Waals surface area (Å²) in [6.07, 6.45) is 1.67. The number of anilines is 1. The summed E-state index contributed by atoms with van der Waals surface area (Å²) in [6, 6.07) is 25.1. The number of benzene rings is 3. The van der Waals surface area contributed by atoms with Crippen molar-refractivity contribution in [2.75, 3.05) is 19.4 Å². The van der Waals surface area contributed by atoms with Crippen LogP contribution in [0.4, 0.5) is 5.69 Å². The molecule has 0 saturated carbocycles. The van der Waals surface area contributed by atoms with Gasteiger partial charge in [0.25, 0.3) is 5.91 Å². The van der Waals surface area contributed by atoms with Gasteiger partial charge in [-0.15, -0.1) is 0 Å². The molecule has 162 valence electrons. The standard InChI is InChI=1S/C24H22N4O3S/c1-27(2)32(30,31)21-15-9-12-19(16-21)25-24(29)22-17-28(20-13-7-4-8-14-20)26-23(22)18-10-5-3-6-11-18/h3-17H,1-2H3,(H,25,29). The number of nitrogens with one attached hydrogen (secondary N) is 1. The van der Waals surface area contributed by atoms with Crippen molar-refractivity contribution in [3.8, 4) is 16.9 Å². The van der Waals surface area contributed by atoms with Gasteiger partial charge in [-0.2, -0.15) is 5.10 Å². The van der Waals surface area contributed by atoms with Crippen LogP contribution < -0.4 is 5.32 Å². The van der Waals surface area contributed by atoms with E-state index in [0.717, 1.165) is 15.6 Å².